The first-order valence-electron chi connectivity index (χ1n) is 11.2. The van der Waals surface area contributed by atoms with Crippen LogP contribution in [0.2, 0.25) is 5.02 Å². The molecule has 1 heterocycles. The Morgan fingerprint density at radius 3 is 2.39 bits per heavy atom. The number of halogens is 1. The van der Waals surface area contributed by atoms with Crippen molar-refractivity contribution in [2.75, 3.05) is 7.11 Å². The zero-order valence-corrected chi connectivity index (χ0v) is 18.8. The second kappa shape index (κ2) is 7.73. The summed E-state index contributed by atoms with van der Waals surface area (Å²) >= 11 is 6.20. The molecule has 0 aromatic heterocycles. The lowest BCUT2D eigenvalue weighted by molar-refractivity contribution is -0.140. The van der Waals surface area contributed by atoms with E-state index in [0.717, 1.165) is 17.0 Å². The van der Waals surface area contributed by atoms with Crippen LogP contribution in [0.1, 0.15) is 17.5 Å². The molecule has 1 saturated heterocycles. The Bertz CT molecular complexity index is 1170. The van der Waals surface area contributed by atoms with Gasteiger partial charge in [0.05, 0.1) is 25.2 Å². The second-order valence-electron chi connectivity index (χ2n) is 9.18. The molecular formula is C26H23ClN2O4. The maximum Gasteiger partial charge on any atom is 0.254 e. The molecule has 6 atom stereocenters. The third kappa shape index (κ3) is 3.27. The molecule has 2 amide bonds. The van der Waals surface area contributed by atoms with Crippen LogP contribution in [0.25, 0.3) is 0 Å². The van der Waals surface area contributed by atoms with Gasteiger partial charge in [-0.15, -0.1) is 0 Å². The van der Waals surface area contributed by atoms with Crippen LogP contribution in [0.5, 0.6) is 11.5 Å². The van der Waals surface area contributed by atoms with Crippen LogP contribution in [0.3, 0.4) is 0 Å². The Labute approximate surface area is 196 Å². The number of amides is 2. The molecule has 4 aliphatic carbocycles. The zero-order valence-electron chi connectivity index (χ0n) is 18.1. The Balaban J connectivity index is 1.18. The highest BCUT2D eigenvalue weighted by molar-refractivity contribution is 6.31. The van der Waals surface area contributed by atoms with Crippen molar-refractivity contribution >= 4 is 29.6 Å². The fraction of sp³-hybridized carbons (Fsp3) is 0.346. The number of hydrazone groups is 1. The van der Waals surface area contributed by atoms with Crippen LogP contribution in [-0.2, 0) is 16.2 Å². The lowest BCUT2D eigenvalue weighted by Crippen LogP contribution is -2.40. The summed E-state index contributed by atoms with van der Waals surface area (Å²) < 4.78 is 11.4. The van der Waals surface area contributed by atoms with Gasteiger partial charge >= 0.3 is 0 Å². The van der Waals surface area contributed by atoms with Crippen molar-refractivity contribution < 1.29 is 19.1 Å². The average molecular weight is 463 g/mol. The summed E-state index contributed by atoms with van der Waals surface area (Å²) in [5.41, 5.74) is 1.58. The van der Waals surface area contributed by atoms with E-state index in [1.165, 1.54) is 6.21 Å². The van der Waals surface area contributed by atoms with E-state index in [0.29, 0.717) is 40.5 Å². The SMILES string of the molecule is COc1cc(/C=N\N2C(=O)[C@@H]3[C@H]4C=C[C@@H]([C@@H]5C[C@@H]45)[C@H]3C2=O)ccc1OCc1ccccc1Cl. The number of allylic oxidation sites excluding steroid dienone is 2. The number of methoxy groups -OCH3 is 1. The molecule has 168 valence electrons. The molecule has 2 aromatic carbocycles. The number of benzene rings is 2. The first-order valence-corrected chi connectivity index (χ1v) is 11.6. The molecular weight excluding hydrogens is 440 g/mol. The number of hydrogen-bond acceptors (Lipinski definition) is 5. The molecule has 0 radical (unpaired) electrons. The smallest absolute Gasteiger partial charge is 0.254 e. The third-order valence-electron chi connectivity index (χ3n) is 7.49. The van der Waals surface area contributed by atoms with Gasteiger partial charge < -0.3 is 9.47 Å². The number of nitrogens with zero attached hydrogens (tertiary/aromatic N) is 2. The van der Waals surface area contributed by atoms with Gasteiger partial charge in [-0.1, -0.05) is 42.0 Å². The minimum Gasteiger partial charge on any atom is -0.493 e. The molecule has 33 heavy (non-hydrogen) atoms. The monoisotopic (exact) mass is 462 g/mol. The lowest BCUT2D eigenvalue weighted by atomic mass is 9.63. The van der Waals surface area contributed by atoms with Crippen molar-refractivity contribution in [1.29, 1.82) is 0 Å². The first-order chi connectivity index (χ1) is 16.1. The quantitative estimate of drug-likeness (QED) is 0.364. The number of carbonyl (C=O) groups excluding carboxylic acids is 2. The molecule has 0 unspecified atom stereocenters. The van der Waals surface area contributed by atoms with Gasteiger partial charge in [-0.2, -0.15) is 10.1 Å². The minimum atomic E-state index is -0.247. The van der Waals surface area contributed by atoms with Crippen LogP contribution >= 0.6 is 11.6 Å². The normalized spacial score (nSPS) is 31.2. The van der Waals surface area contributed by atoms with Crippen molar-refractivity contribution in [3.8, 4) is 11.5 Å². The van der Waals surface area contributed by atoms with E-state index in [1.807, 2.05) is 30.3 Å². The van der Waals surface area contributed by atoms with Crippen molar-refractivity contribution in [2.24, 2.45) is 40.6 Å². The fourth-order valence-corrected chi connectivity index (χ4v) is 6.02. The van der Waals surface area contributed by atoms with Gasteiger partial charge in [0.2, 0.25) is 0 Å². The van der Waals surface area contributed by atoms with E-state index in [-0.39, 0.29) is 35.5 Å². The van der Waals surface area contributed by atoms with Gasteiger partial charge in [0.25, 0.3) is 11.8 Å². The number of imide groups is 1. The van der Waals surface area contributed by atoms with Crippen LogP contribution in [0.15, 0.2) is 59.7 Å². The van der Waals surface area contributed by atoms with Crippen molar-refractivity contribution in [1.82, 2.24) is 5.01 Å². The van der Waals surface area contributed by atoms with E-state index < -0.39 is 0 Å². The summed E-state index contributed by atoms with van der Waals surface area (Å²) in [7, 11) is 1.56. The van der Waals surface area contributed by atoms with E-state index in [4.69, 9.17) is 21.1 Å². The minimum absolute atomic E-state index is 0.169. The number of rotatable bonds is 6. The van der Waals surface area contributed by atoms with Gasteiger partial charge in [-0.3, -0.25) is 9.59 Å². The molecule has 2 aromatic rings. The molecule has 6 nitrogen and oxygen atoms in total. The van der Waals surface area contributed by atoms with Gasteiger partial charge in [-0.25, -0.2) is 0 Å². The molecule has 0 spiro atoms. The topological polar surface area (TPSA) is 68.2 Å². The van der Waals surface area contributed by atoms with Crippen LogP contribution in [-0.4, -0.2) is 30.1 Å². The van der Waals surface area contributed by atoms with Gasteiger partial charge in [0.1, 0.15) is 6.61 Å². The molecule has 7 heteroatoms. The van der Waals surface area contributed by atoms with Crippen molar-refractivity contribution in [3.05, 3.63) is 70.8 Å². The molecule has 3 fully saturated rings. The standard InChI is InChI=1S/C26H23ClN2O4/c1-32-22-10-14(6-9-21(22)33-13-15-4-2-3-5-20(15)27)12-28-29-25(30)23-16-7-8-17(19-11-18(16)19)24(23)26(29)31/h2-10,12,16-19,23-24H,11,13H2,1H3/b28-12-/t16-,17-,18-,19-,23+,24+/m0/s1. The molecule has 1 aliphatic heterocycles. The van der Waals surface area contributed by atoms with Crippen LogP contribution in [0, 0.1) is 35.5 Å². The Morgan fingerprint density at radius 2 is 1.73 bits per heavy atom. The van der Waals surface area contributed by atoms with Crippen LogP contribution < -0.4 is 9.47 Å². The van der Waals surface area contributed by atoms with Crippen molar-refractivity contribution in [2.45, 2.75) is 13.0 Å². The van der Waals surface area contributed by atoms with Gasteiger partial charge in [-0.05, 0) is 59.9 Å². The number of ether oxygens (including phenoxy) is 2. The highest BCUT2D eigenvalue weighted by Gasteiger charge is 2.67. The highest BCUT2D eigenvalue weighted by atomic mass is 35.5. The number of carbonyl (C=O) groups is 2. The number of hydrogen-bond donors (Lipinski definition) is 0. The highest BCUT2D eigenvalue weighted by Crippen LogP contribution is 2.65. The summed E-state index contributed by atoms with van der Waals surface area (Å²) in [6.07, 6.45) is 6.99. The van der Waals surface area contributed by atoms with E-state index >= 15 is 0 Å². The summed E-state index contributed by atoms with van der Waals surface area (Å²) in [6.45, 7) is 0.307. The van der Waals surface area contributed by atoms with Crippen LogP contribution in [0.4, 0.5) is 0 Å². The third-order valence-corrected chi connectivity index (χ3v) is 7.86. The van der Waals surface area contributed by atoms with Crippen molar-refractivity contribution in [3.63, 3.8) is 0 Å². The maximum absolute atomic E-state index is 13.1. The Hall–Kier alpha value is -3.12. The molecule has 2 bridgehead atoms. The Morgan fingerprint density at radius 1 is 1.03 bits per heavy atom. The first kappa shape index (κ1) is 20.5. The van der Waals surface area contributed by atoms with E-state index in [2.05, 4.69) is 17.3 Å². The summed E-state index contributed by atoms with van der Waals surface area (Å²) in [5, 5.41) is 6.02. The van der Waals surface area contributed by atoms with Gasteiger partial charge in [0.15, 0.2) is 11.5 Å². The zero-order chi connectivity index (χ0) is 22.7. The van der Waals surface area contributed by atoms with E-state index in [9.17, 15) is 9.59 Å². The molecule has 0 N–H and O–H groups in total. The Kier molecular flexibility index (Phi) is 4.80. The lowest BCUT2D eigenvalue weighted by Gasteiger charge is -2.37. The fourth-order valence-electron chi connectivity index (χ4n) is 5.83. The molecule has 7 rings (SSSR count). The summed E-state index contributed by atoms with van der Waals surface area (Å²) in [4.78, 5) is 26.1. The van der Waals surface area contributed by atoms with E-state index in [1.54, 1.807) is 19.2 Å². The summed E-state index contributed by atoms with van der Waals surface area (Å²) in [5.74, 6) is 1.79. The summed E-state index contributed by atoms with van der Waals surface area (Å²) in [6, 6.07) is 12.9. The predicted octanol–water partition coefficient (Wildman–Crippen LogP) is 4.31. The maximum atomic E-state index is 13.1. The predicted molar refractivity (Wildman–Crippen MR) is 123 cm³/mol. The van der Waals surface area contributed by atoms with Gasteiger partial charge in [0, 0.05) is 10.6 Å². The second-order valence-corrected chi connectivity index (χ2v) is 9.59. The molecule has 2 saturated carbocycles. The molecule has 5 aliphatic rings. The average Bonchev–Trinajstić information content (AvgIpc) is 3.62. The largest absolute Gasteiger partial charge is 0.493 e.